The molecule has 0 aliphatic carbocycles. The van der Waals surface area contributed by atoms with Crippen molar-refractivity contribution in [2.75, 3.05) is 0 Å². The van der Waals surface area contributed by atoms with Crippen LogP contribution in [0.5, 0.6) is 5.75 Å². The largest absolute Gasteiger partial charge is 0.489 e. The Morgan fingerprint density at radius 3 is 2.75 bits per heavy atom. The van der Waals surface area contributed by atoms with Crippen molar-refractivity contribution in [3.8, 4) is 11.4 Å². The van der Waals surface area contributed by atoms with E-state index in [0.717, 1.165) is 16.6 Å². The molecule has 0 atom stereocenters. The summed E-state index contributed by atoms with van der Waals surface area (Å²) in [5.41, 5.74) is 2.27. The SMILES string of the molecule is Fc1cc(COc2ccc(-n3cnnn3)cc2)c2ncccc2c1. The molecule has 0 radical (unpaired) electrons. The van der Waals surface area contributed by atoms with Crippen molar-refractivity contribution in [3.63, 3.8) is 0 Å². The number of rotatable bonds is 4. The van der Waals surface area contributed by atoms with Gasteiger partial charge in [0.2, 0.25) is 0 Å². The molecule has 24 heavy (non-hydrogen) atoms. The average molecular weight is 321 g/mol. The Labute approximate surface area is 136 Å². The van der Waals surface area contributed by atoms with Crippen LogP contribution in [0.2, 0.25) is 0 Å². The van der Waals surface area contributed by atoms with E-state index in [2.05, 4.69) is 20.5 Å². The summed E-state index contributed by atoms with van der Waals surface area (Å²) >= 11 is 0. The van der Waals surface area contributed by atoms with Crippen molar-refractivity contribution in [1.29, 1.82) is 0 Å². The highest BCUT2D eigenvalue weighted by atomic mass is 19.1. The van der Waals surface area contributed by atoms with E-state index in [1.54, 1.807) is 16.9 Å². The number of pyridine rings is 1. The minimum Gasteiger partial charge on any atom is -0.489 e. The first-order chi connectivity index (χ1) is 11.8. The van der Waals surface area contributed by atoms with Crippen LogP contribution >= 0.6 is 0 Å². The molecule has 2 aromatic carbocycles. The summed E-state index contributed by atoms with van der Waals surface area (Å²) in [6.07, 6.45) is 3.20. The Morgan fingerprint density at radius 2 is 1.96 bits per heavy atom. The predicted molar refractivity (Wildman–Crippen MR) is 85.2 cm³/mol. The lowest BCUT2D eigenvalue weighted by atomic mass is 10.1. The molecule has 0 N–H and O–H groups in total. The van der Waals surface area contributed by atoms with Gasteiger partial charge < -0.3 is 4.74 Å². The van der Waals surface area contributed by atoms with Crippen molar-refractivity contribution in [3.05, 3.63) is 72.4 Å². The van der Waals surface area contributed by atoms with E-state index in [1.165, 1.54) is 18.5 Å². The van der Waals surface area contributed by atoms with Gasteiger partial charge in [0.25, 0.3) is 0 Å². The zero-order valence-electron chi connectivity index (χ0n) is 12.5. The third-order valence-corrected chi connectivity index (χ3v) is 3.59. The maximum absolute atomic E-state index is 13.7. The lowest BCUT2D eigenvalue weighted by molar-refractivity contribution is 0.307. The van der Waals surface area contributed by atoms with Crippen molar-refractivity contribution >= 4 is 10.9 Å². The van der Waals surface area contributed by atoms with Crippen LogP contribution in [0.25, 0.3) is 16.6 Å². The number of hydrogen-bond acceptors (Lipinski definition) is 5. The van der Waals surface area contributed by atoms with Gasteiger partial charge >= 0.3 is 0 Å². The molecule has 2 aromatic heterocycles. The van der Waals surface area contributed by atoms with E-state index in [4.69, 9.17) is 4.74 Å². The highest BCUT2D eigenvalue weighted by Crippen LogP contribution is 2.21. The minimum absolute atomic E-state index is 0.232. The number of hydrogen-bond donors (Lipinski definition) is 0. The fraction of sp³-hybridized carbons (Fsp3) is 0.0588. The molecule has 6 nitrogen and oxygen atoms in total. The van der Waals surface area contributed by atoms with Crippen molar-refractivity contribution in [1.82, 2.24) is 25.2 Å². The van der Waals surface area contributed by atoms with Crippen molar-refractivity contribution < 1.29 is 9.13 Å². The van der Waals surface area contributed by atoms with E-state index in [9.17, 15) is 4.39 Å². The maximum atomic E-state index is 13.7. The number of nitrogens with zero attached hydrogens (tertiary/aromatic N) is 5. The van der Waals surface area contributed by atoms with E-state index in [-0.39, 0.29) is 12.4 Å². The van der Waals surface area contributed by atoms with Gasteiger partial charge in [-0.25, -0.2) is 9.07 Å². The minimum atomic E-state index is -0.303. The zero-order valence-corrected chi connectivity index (χ0v) is 12.5. The topological polar surface area (TPSA) is 65.7 Å². The normalized spacial score (nSPS) is 10.9. The monoisotopic (exact) mass is 321 g/mol. The number of benzene rings is 2. The van der Waals surface area contributed by atoms with Crippen LogP contribution in [0, 0.1) is 5.82 Å². The fourth-order valence-corrected chi connectivity index (χ4v) is 2.47. The molecule has 118 valence electrons. The Hall–Kier alpha value is -3.35. The number of tetrazole rings is 1. The van der Waals surface area contributed by atoms with Crippen LogP contribution in [0.4, 0.5) is 4.39 Å². The average Bonchev–Trinajstić information content (AvgIpc) is 3.14. The number of halogens is 1. The third kappa shape index (κ3) is 2.79. The molecule has 0 amide bonds. The summed E-state index contributed by atoms with van der Waals surface area (Å²) in [5, 5.41) is 11.8. The molecule has 2 heterocycles. The van der Waals surface area contributed by atoms with Crippen LogP contribution in [0.3, 0.4) is 0 Å². The quantitative estimate of drug-likeness (QED) is 0.578. The molecule has 0 spiro atoms. The number of aromatic nitrogens is 5. The van der Waals surface area contributed by atoms with Crippen LogP contribution in [-0.4, -0.2) is 25.2 Å². The Kier molecular flexibility index (Phi) is 3.59. The third-order valence-electron chi connectivity index (χ3n) is 3.59. The van der Waals surface area contributed by atoms with Gasteiger partial charge in [0, 0.05) is 17.1 Å². The molecular formula is C17H12FN5O. The van der Waals surface area contributed by atoms with E-state index >= 15 is 0 Å². The fourth-order valence-electron chi connectivity index (χ4n) is 2.47. The van der Waals surface area contributed by atoms with Gasteiger partial charge in [0.1, 0.15) is 24.5 Å². The van der Waals surface area contributed by atoms with Crippen molar-refractivity contribution in [2.45, 2.75) is 6.61 Å². The summed E-state index contributed by atoms with van der Waals surface area (Å²) in [6.45, 7) is 0.232. The van der Waals surface area contributed by atoms with Gasteiger partial charge in [0.15, 0.2) is 0 Å². The number of fused-ring (bicyclic) bond motifs is 1. The van der Waals surface area contributed by atoms with Gasteiger partial charge in [-0.1, -0.05) is 6.07 Å². The van der Waals surface area contributed by atoms with Gasteiger partial charge in [-0.2, -0.15) is 0 Å². The second-order valence-corrected chi connectivity index (χ2v) is 5.18. The standard InChI is InChI=1S/C17H12FN5O/c18-14-8-12-2-1-7-19-17(12)13(9-14)10-24-16-5-3-15(4-6-16)23-11-20-21-22-23/h1-9,11H,10H2. The second kappa shape index (κ2) is 6.04. The first kappa shape index (κ1) is 14.3. The van der Waals surface area contributed by atoms with Crippen LogP contribution in [0.15, 0.2) is 61.1 Å². The molecule has 4 rings (SSSR count). The lowest BCUT2D eigenvalue weighted by Crippen LogP contribution is -1.99. The Morgan fingerprint density at radius 1 is 1.08 bits per heavy atom. The van der Waals surface area contributed by atoms with Crippen molar-refractivity contribution in [2.24, 2.45) is 0 Å². The van der Waals surface area contributed by atoms with Crippen LogP contribution in [-0.2, 0) is 6.61 Å². The molecule has 0 aliphatic rings. The number of ether oxygens (including phenoxy) is 1. The molecule has 0 saturated heterocycles. The zero-order chi connectivity index (χ0) is 16.4. The lowest BCUT2D eigenvalue weighted by Gasteiger charge is -2.09. The summed E-state index contributed by atoms with van der Waals surface area (Å²) < 4.78 is 21.0. The first-order valence-electron chi connectivity index (χ1n) is 7.29. The van der Waals surface area contributed by atoms with E-state index < -0.39 is 0 Å². The van der Waals surface area contributed by atoms with Gasteiger partial charge in [-0.3, -0.25) is 4.98 Å². The van der Waals surface area contributed by atoms with E-state index in [0.29, 0.717) is 11.3 Å². The Bertz CT molecular complexity index is 970. The Balaban J connectivity index is 1.55. The molecule has 7 heteroatoms. The molecule has 0 bridgehead atoms. The molecule has 0 saturated carbocycles. The molecule has 0 fully saturated rings. The van der Waals surface area contributed by atoms with Crippen LogP contribution in [0.1, 0.15) is 5.56 Å². The molecule has 0 unspecified atom stereocenters. The maximum Gasteiger partial charge on any atom is 0.143 e. The van der Waals surface area contributed by atoms with Gasteiger partial charge in [-0.15, -0.1) is 5.10 Å². The highest BCUT2D eigenvalue weighted by Gasteiger charge is 2.07. The summed E-state index contributed by atoms with van der Waals surface area (Å²) in [4.78, 5) is 4.31. The summed E-state index contributed by atoms with van der Waals surface area (Å²) in [6, 6.07) is 13.8. The molecule has 4 aromatic rings. The smallest absolute Gasteiger partial charge is 0.143 e. The highest BCUT2D eigenvalue weighted by molar-refractivity contribution is 5.81. The van der Waals surface area contributed by atoms with Crippen LogP contribution < -0.4 is 4.74 Å². The molecular weight excluding hydrogens is 309 g/mol. The van der Waals surface area contributed by atoms with Gasteiger partial charge in [0.05, 0.1) is 11.2 Å². The molecule has 0 aliphatic heterocycles. The second-order valence-electron chi connectivity index (χ2n) is 5.18. The summed E-state index contributed by atoms with van der Waals surface area (Å²) in [7, 11) is 0. The first-order valence-corrected chi connectivity index (χ1v) is 7.29. The van der Waals surface area contributed by atoms with Gasteiger partial charge in [-0.05, 0) is 52.9 Å². The van der Waals surface area contributed by atoms with E-state index in [1.807, 2.05) is 30.3 Å². The predicted octanol–water partition coefficient (Wildman–Crippen LogP) is 2.93. The summed E-state index contributed by atoms with van der Waals surface area (Å²) in [5.74, 6) is 0.364.